The second kappa shape index (κ2) is 8.04. The molecular formula is C17H19NO7. The number of fused-ring (bicyclic) bond motifs is 1. The average Bonchev–Trinajstić information content (AvgIpc) is 2.62. The molecular weight excluding hydrogens is 330 g/mol. The fourth-order valence-electron chi connectivity index (χ4n) is 2.39. The lowest BCUT2D eigenvalue weighted by atomic mass is 10.0. The first-order valence-corrected chi connectivity index (χ1v) is 7.48. The molecule has 8 nitrogen and oxygen atoms in total. The Hall–Kier alpha value is -2.52. The third-order valence-electron chi connectivity index (χ3n) is 3.78. The van der Waals surface area contributed by atoms with Gasteiger partial charge in [0.05, 0.1) is 6.61 Å². The molecule has 4 atom stereocenters. The van der Waals surface area contributed by atoms with Gasteiger partial charge in [0.25, 0.3) is 0 Å². The van der Waals surface area contributed by atoms with Crippen molar-refractivity contribution in [2.24, 2.45) is 0 Å². The van der Waals surface area contributed by atoms with Crippen LogP contribution in [0.15, 0.2) is 40.1 Å². The van der Waals surface area contributed by atoms with Crippen molar-refractivity contribution in [1.82, 2.24) is 0 Å². The molecule has 25 heavy (non-hydrogen) atoms. The van der Waals surface area contributed by atoms with E-state index in [2.05, 4.69) is 11.9 Å². The van der Waals surface area contributed by atoms with Crippen molar-refractivity contribution in [3.05, 3.63) is 46.8 Å². The fraction of sp³-hybridized carbons (Fsp3) is 0.294. The molecule has 0 aliphatic rings. The van der Waals surface area contributed by atoms with Crippen LogP contribution in [0.4, 0.5) is 5.69 Å². The van der Waals surface area contributed by atoms with E-state index in [1.54, 1.807) is 12.1 Å². The number of aliphatic hydroxyl groups excluding tert-OH is 4. The molecule has 0 fully saturated rings. The molecule has 0 bridgehead atoms. The van der Waals surface area contributed by atoms with E-state index < -0.39 is 36.6 Å². The highest BCUT2D eigenvalue weighted by molar-refractivity contribution is 5.88. The quantitative estimate of drug-likeness (QED) is 0.317. The summed E-state index contributed by atoms with van der Waals surface area (Å²) in [6.45, 7) is 2.86. The number of hydrogen-bond donors (Lipinski definition) is 5. The maximum absolute atomic E-state index is 11.5. The molecule has 1 aromatic heterocycles. The summed E-state index contributed by atoms with van der Waals surface area (Å²) in [5, 5.41) is 41.2. The van der Waals surface area contributed by atoms with Gasteiger partial charge in [-0.2, -0.15) is 0 Å². The van der Waals surface area contributed by atoms with Crippen molar-refractivity contribution >= 4 is 29.0 Å². The molecule has 0 aliphatic heterocycles. The first-order valence-electron chi connectivity index (χ1n) is 7.48. The van der Waals surface area contributed by atoms with E-state index in [9.17, 15) is 24.9 Å². The zero-order chi connectivity index (χ0) is 18.6. The van der Waals surface area contributed by atoms with Gasteiger partial charge in [0, 0.05) is 23.2 Å². The largest absolute Gasteiger partial charge is 0.423 e. The molecule has 5 N–H and O–H groups in total. The molecule has 2 aromatic rings. The summed E-state index contributed by atoms with van der Waals surface area (Å²) >= 11 is 0. The van der Waals surface area contributed by atoms with Crippen LogP contribution in [0.3, 0.4) is 0 Å². The minimum atomic E-state index is -1.72. The van der Waals surface area contributed by atoms with Gasteiger partial charge in [-0.1, -0.05) is 12.7 Å². The predicted octanol–water partition coefficient (Wildman–Crippen LogP) is -0.510. The summed E-state index contributed by atoms with van der Waals surface area (Å²) < 4.78 is 5.11. The number of carbonyl (C=O) groups excluding carboxylic acids is 1. The Labute approximate surface area is 142 Å². The van der Waals surface area contributed by atoms with Crippen LogP contribution >= 0.6 is 0 Å². The van der Waals surface area contributed by atoms with E-state index in [1.165, 1.54) is 18.2 Å². The Morgan fingerprint density at radius 2 is 1.92 bits per heavy atom. The van der Waals surface area contributed by atoms with Crippen LogP contribution < -0.4 is 10.9 Å². The molecule has 0 saturated carbocycles. The second-order valence-electron chi connectivity index (χ2n) is 5.47. The van der Waals surface area contributed by atoms with E-state index >= 15 is 0 Å². The minimum absolute atomic E-state index is 0.252. The first kappa shape index (κ1) is 18.8. The Morgan fingerprint density at radius 3 is 2.52 bits per heavy atom. The van der Waals surface area contributed by atoms with Crippen molar-refractivity contribution in [1.29, 1.82) is 0 Å². The smallest absolute Gasteiger partial charge is 0.336 e. The van der Waals surface area contributed by atoms with Crippen LogP contribution in [0, 0.1) is 0 Å². The number of nitrogens with one attached hydrogen (secondary N) is 1. The lowest BCUT2D eigenvalue weighted by Crippen LogP contribution is -2.49. The van der Waals surface area contributed by atoms with Crippen molar-refractivity contribution < 1.29 is 29.6 Å². The standard InChI is InChI=1S/C17H19NO7/c1-2-9-5-15(22)25-14-6-10(3-4-11(9)14)18-12(7-19)16(23)17(24)13(21)8-20/h2-7,12-13,16-18,20-21,23-24H,1,8H2/t12-,13+,16+,17+/m1/s1. The highest BCUT2D eigenvalue weighted by Gasteiger charge is 2.31. The lowest BCUT2D eigenvalue weighted by Gasteiger charge is -2.26. The van der Waals surface area contributed by atoms with Gasteiger partial charge in [0.1, 0.15) is 36.2 Å². The number of rotatable bonds is 8. The van der Waals surface area contributed by atoms with Gasteiger partial charge >= 0.3 is 5.63 Å². The fourth-order valence-corrected chi connectivity index (χ4v) is 2.39. The molecule has 2 rings (SSSR count). The van der Waals surface area contributed by atoms with Crippen LogP contribution in [-0.2, 0) is 4.79 Å². The van der Waals surface area contributed by atoms with Crippen LogP contribution in [0.5, 0.6) is 0 Å². The van der Waals surface area contributed by atoms with Gasteiger partial charge in [-0.25, -0.2) is 4.79 Å². The van der Waals surface area contributed by atoms with Crippen molar-refractivity contribution in [2.75, 3.05) is 11.9 Å². The summed E-state index contributed by atoms with van der Waals surface area (Å²) in [7, 11) is 0. The van der Waals surface area contributed by atoms with Gasteiger partial charge in [-0.3, -0.25) is 0 Å². The number of benzene rings is 1. The molecule has 0 unspecified atom stereocenters. The van der Waals surface area contributed by atoms with Crippen molar-refractivity contribution in [3.63, 3.8) is 0 Å². The molecule has 0 saturated heterocycles. The average molecular weight is 349 g/mol. The summed E-state index contributed by atoms with van der Waals surface area (Å²) in [6, 6.07) is 4.73. The highest BCUT2D eigenvalue weighted by atomic mass is 16.4. The van der Waals surface area contributed by atoms with Crippen LogP contribution in [0.25, 0.3) is 17.0 Å². The Balaban J connectivity index is 2.30. The first-order chi connectivity index (χ1) is 11.9. The number of aliphatic hydroxyl groups is 4. The SMILES string of the molecule is C=Cc1cc(=O)oc2cc(N[C@H](C=O)[C@H](O)[C@@H](O)[C@@H](O)CO)ccc12. The molecule has 134 valence electrons. The van der Waals surface area contributed by atoms with E-state index in [-0.39, 0.29) is 5.58 Å². The van der Waals surface area contributed by atoms with Gasteiger partial charge in [-0.15, -0.1) is 0 Å². The molecule has 0 aliphatic carbocycles. The lowest BCUT2D eigenvalue weighted by molar-refractivity contribution is -0.117. The van der Waals surface area contributed by atoms with Gasteiger partial charge in [0.15, 0.2) is 0 Å². The maximum Gasteiger partial charge on any atom is 0.336 e. The summed E-state index contributed by atoms with van der Waals surface area (Å²) in [6.07, 6.45) is -3.11. The number of anilines is 1. The predicted molar refractivity (Wildman–Crippen MR) is 91.2 cm³/mol. The van der Waals surface area contributed by atoms with Gasteiger partial charge in [0.2, 0.25) is 0 Å². The molecule has 0 amide bonds. The third kappa shape index (κ3) is 4.12. The number of carbonyl (C=O) groups is 1. The summed E-state index contributed by atoms with van der Waals surface area (Å²) in [5.41, 5.74) is 0.625. The molecule has 1 heterocycles. The normalized spacial score (nSPS) is 16.0. The second-order valence-corrected chi connectivity index (χ2v) is 5.47. The highest BCUT2D eigenvalue weighted by Crippen LogP contribution is 2.23. The minimum Gasteiger partial charge on any atom is -0.423 e. The Morgan fingerprint density at radius 1 is 1.20 bits per heavy atom. The van der Waals surface area contributed by atoms with Crippen molar-refractivity contribution in [3.8, 4) is 0 Å². The summed E-state index contributed by atoms with van der Waals surface area (Å²) in [4.78, 5) is 22.8. The van der Waals surface area contributed by atoms with E-state index in [4.69, 9.17) is 9.52 Å². The molecule has 1 aromatic carbocycles. The zero-order valence-electron chi connectivity index (χ0n) is 13.2. The topological polar surface area (TPSA) is 140 Å². The van der Waals surface area contributed by atoms with Crippen LogP contribution in [-0.4, -0.2) is 57.7 Å². The Kier molecular flexibility index (Phi) is 6.05. The summed E-state index contributed by atoms with van der Waals surface area (Å²) in [5.74, 6) is 0. The van der Waals surface area contributed by atoms with Crippen LogP contribution in [0.2, 0.25) is 0 Å². The molecule has 0 spiro atoms. The van der Waals surface area contributed by atoms with Crippen LogP contribution in [0.1, 0.15) is 5.56 Å². The number of hydrogen-bond acceptors (Lipinski definition) is 8. The number of aldehydes is 1. The van der Waals surface area contributed by atoms with E-state index in [0.29, 0.717) is 22.9 Å². The molecule has 8 heteroatoms. The third-order valence-corrected chi connectivity index (χ3v) is 3.78. The van der Waals surface area contributed by atoms with Gasteiger partial charge in [-0.05, 0) is 17.7 Å². The maximum atomic E-state index is 11.5. The van der Waals surface area contributed by atoms with E-state index in [0.717, 1.165) is 0 Å². The Bertz CT molecular complexity index is 816. The van der Waals surface area contributed by atoms with E-state index in [1.807, 2.05) is 0 Å². The molecule has 0 radical (unpaired) electrons. The van der Waals surface area contributed by atoms with Gasteiger partial charge < -0.3 is 35.0 Å². The zero-order valence-corrected chi connectivity index (χ0v) is 13.2. The van der Waals surface area contributed by atoms with Crippen molar-refractivity contribution in [2.45, 2.75) is 24.4 Å². The monoisotopic (exact) mass is 349 g/mol.